The molecule has 22 heavy (non-hydrogen) atoms. The van der Waals surface area contributed by atoms with E-state index in [1.807, 2.05) is 30.3 Å². The van der Waals surface area contributed by atoms with E-state index in [4.69, 9.17) is 9.47 Å². The average molecular weight is 303 g/mol. The summed E-state index contributed by atoms with van der Waals surface area (Å²) in [4.78, 5) is 14.8. The number of fused-ring (bicyclic) bond motifs is 5. The molecule has 0 amide bonds. The van der Waals surface area contributed by atoms with Crippen LogP contribution < -0.4 is 0 Å². The number of nitrogens with zero attached hydrogens (tertiary/aromatic N) is 1. The molecule has 1 aromatic carbocycles. The van der Waals surface area contributed by atoms with Crippen LogP contribution in [0.15, 0.2) is 30.3 Å². The van der Waals surface area contributed by atoms with Crippen LogP contribution in [0.25, 0.3) is 0 Å². The zero-order valence-corrected chi connectivity index (χ0v) is 12.6. The van der Waals surface area contributed by atoms with Crippen molar-refractivity contribution in [1.29, 1.82) is 0 Å². The molecule has 0 spiro atoms. The number of esters is 1. The second kappa shape index (κ2) is 5.33. The standard InChI is InChI=1S/C17H21NO4/c1-18-13-7-11(8-14(18)16-15(13)22-16)21-17(20)12(9-19)10-5-3-2-4-6-10/h2-6,11-16,19H,7-9H2,1H3/t11?,12-,13?,14?,15-,16+/m0/s1. The van der Waals surface area contributed by atoms with Crippen LogP contribution in [0.2, 0.25) is 0 Å². The van der Waals surface area contributed by atoms with Crippen LogP contribution in [0.4, 0.5) is 0 Å². The number of hydrogen-bond donors (Lipinski definition) is 1. The van der Waals surface area contributed by atoms with Crippen LogP contribution in [0.5, 0.6) is 0 Å². The van der Waals surface area contributed by atoms with Crippen molar-refractivity contribution in [1.82, 2.24) is 4.90 Å². The van der Waals surface area contributed by atoms with Gasteiger partial charge < -0.3 is 14.6 Å². The molecule has 3 saturated heterocycles. The number of aliphatic hydroxyl groups is 1. The van der Waals surface area contributed by atoms with Gasteiger partial charge in [-0.15, -0.1) is 0 Å². The molecule has 0 aliphatic carbocycles. The fourth-order valence-corrected chi connectivity index (χ4v) is 4.04. The Bertz CT molecular complexity index is 545. The largest absolute Gasteiger partial charge is 0.462 e. The monoisotopic (exact) mass is 303 g/mol. The van der Waals surface area contributed by atoms with Gasteiger partial charge in [0.2, 0.25) is 0 Å². The van der Waals surface area contributed by atoms with Crippen molar-refractivity contribution in [3.63, 3.8) is 0 Å². The summed E-state index contributed by atoms with van der Waals surface area (Å²) >= 11 is 0. The highest BCUT2D eigenvalue weighted by Crippen LogP contribution is 2.48. The van der Waals surface area contributed by atoms with Gasteiger partial charge in [0.05, 0.1) is 6.61 Å². The maximum Gasteiger partial charge on any atom is 0.316 e. The second-order valence-electron chi connectivity index (χ2n) is 6.54. The Balaban J connectivity index is 1.42. The lowest BCUT2D eigenvalue weighted by Crippen LogP contribution is -2.48. The molecule has 5 nitrogen and oxygen atoms in total. The van der Waals surface area contributed by atoms with Crippen LogP contribution in [0.3, 0.4) is 0 Å². The van der Waals surface area contributed by atoms with Crippen molar-refractivity contribution in [2.45, 2.75) is 49.2 Å². The molecule has 3 aliphatic rings. The van der Waals surface area contributed by atoms with Gasteiger partial charge in [-0.1, -0.05) is 30.3 Å². The summed E-state index contributed by atoms with van der Waals surface area (Å²) in [5, 5.41) is 9.56. The molecule has 118 valence electrons. The highest BCUT2D eigenvalue weighted by atomic mass is 16.6. The molecule has 0 aromatic heterocycles. The first-order valence-electron chi connectivity index (χ1n) is 7.92. The molecule has 1 aromatic rings. The molecule has 3 aliphatic heterocycles. The summed E-state index contributed by atoms with van der Waals surface area (Å²) < 4.78 is 11.4. The maximum absolute atomic E-state index is 12.4. The summed E-state index contributed by atoms with van der Waals surface area (Å²) in [7, 11) is 2.13. The number of carbonyl (C=O) groups is 1. The lowest BCUT2D eigenvalue weighted by atomic mass is 9.97. The van der Waals surface area contributed by atoms with E-state index in [1.54, 1.807) is 0 Å². The highest BCUT2D eigenvalue weighted by Gasteiger charge is 2.62. The summed E-state index contributed by atoms with van der Waals surface area (Å²) in [6.07, 6.45) is 2.26. The van der Waals surface area contributed by atoms with Crippen LogP contribution in [0, 0.1) is 0 Å². The van der Waals surface area contributed by atoms with Gasteiger partial charge in [-0.05, 0) is 12.6 Å². The lowest BCUT2D eigenvalue weighted by molar-refractivity contribution is -0.156. The number of epoxide rings is 1. The minimum Gasteiger partial charge on any atom is -0.462 e. The Morgan fingerprint density at radius 3 is 2.55 bits per heavy atom. The predicted molar refractivity (Wildman–Crippen MR) is 79.4 cm³/mol. The SMILES string of the molecule is CN1C2CC(OC(=O)[C@@H](CO)c3ccccc3)CC1[C@@H]1O[C@H]21. The minimum atomic E-state index is -0.593. The van der Waals surface area contributed by atoms with Gasteiger partial charge in [0.1, 0.15) is 24.2 Å². The third-order valence-electron chi connectivity index (χ3n) is 5.33. The predicted octanol–water partition coefficient (Wildman–Crippen LogP) is 0.918. The van der Waals surface area contributed by atoms with Gasteiger partial charge in [0.25, 0.3) is 0 Å². The zero-order chi connectivity index (χ0) is 15.3. The minimum absolute atomic E-state index is 0.0622. The van der Waals surface area contributed by atoms with Crippen molar-refractivity contribution < 1.29 is 19.4 Å². The Labute approximate surface area is 129 Å². The van der Waals surface area contributed by atoms with E-state index in [-0.39, 0.29) is 18.7 Å². The second-order valence-corrected chi connectivity index (χ2v) is 6.54. The summed E-state index contributed by atoms with van der Waals surface area (Å²) in [6.45, 7) is -0.226. The van der Waals surface area contributed by atoms with Gasteiger partial charge >= 0.3 is 5.97 Å². The number of morpholine rings is 1. The normalized spacial score (nSPS) is 37.5. The van der Waals surface area contributed by atoms with Gasteiger partial charge in [-0.25, -0.2) is 0 Å². The van der Waals surface area contributed by atoms with Crippen molar-refractivity contribution in [3.8, 4) is 0 Å². The van der Waals surface area contributed by atoms with Crippen molar-refractivity contribution >= 4 is 5.97 Å². The van der Waals surface area contributed by atoms with Crippen LogP contribution in [0.1, 0.15) is 24.3 Å². The summed E-state index contributed by atoms with van der Waals surface area (Å²) in [5.41, 5.74) is 0.803. The molecule has 3 fully saturated rings. The van der Waals surface area contributed by atoms with Crippen molar-refractivity contribution in [3.05, 3.63) is 35.9 Å². The van der Waals surface area contributed by atoms with E-state index >= 15 is 0 Å². The molecule has 6 atom stereocenters. The Kier molecular flexibility index (Phi) is 3.44. The van der Waals surface area contributed by atoms with Gasteiger partial charge in [0, 0.05) is 24.9 Å². The fraction of sp³-hybridized carbons (Fsp3) is 0.588. The lowest BCUT2D eigenvalue weighted by Gasteiger charge is -2.38. The molecule has 0 saturated carbocycles. The molecule has 5 heteroatoms. The molecule has 0 radical (unpaired) electrons. The molecule has 4 rings (SSSR count). The average Bonchev–Trinajstić information content (AvgIpc) is 3.27. The maximum atomic E-state index is 12.4. The molecule has 2 bridgehead atoms. The van der Waals surface area contributed by atoms with Gasteiger partial charge in [0.15, 0.2) is 0 Å². The molecular weight excluding hydrogens is 282 g/mol. The number of carbonyl (C=O) groups excluding carboxylic acids is 1. The number of benzene rings is 1. The number of piperidine rings is 1. The quantitative estimate of drug-likeness (QED) is 0.662. The van der Waals surface area contributed by atoms with E-state index in [0.29, 0.717) is 24.3 Å². The van der Waals surface area contributed by atoms with Gasteiger partial charge in [-0.2, -0.15) is 0 Å². The van der Waals surface area contributed by atoms with Crippen molar-refractivity contribution in [2.24, 2.45) is 0 Å². The number of likely N-dealkylation sites (N-methyl/N-ethyl adjacent to an activating group) is 1. The first-order valence-corrected chi connectivity index (χ1v) is 7.92. The van der Waals surface area contributed by atoms with E-state index < -0.39 is 5.92 Å². The number of ether oxygens (including phenoxy) is 2. The smallest absolute Gasteiger partial charge is 0.316 e. The summed E-state index contributed by atoms with van der Waals surface area (Å²) in [6, 6.07) is 10.1. The van der Waals surface area contributed by atoms with E-state index in [0.717, 1.165) is 18.4 Å². The van der Waals surface area contributed by atoms with Gasteiger partial charge in [-0.3, -0.25) is 9.69 Å². The fourth-order valence-electron chi connectivity index (χ4n) is 4.04. The first-order chi connectivity index (χ1) is 10.7. The highest BCUT2D eigenvalue weighted by molar-refractivity contribution is 5.78. The number of aliphatic hydroxyl groups excluding tert-OH is 1. The van der Waals surface area contributed by atoms with Crippen LogP contribution in [-0.4, -0.2) is 60.0 Å². The third kappa shape index (κ3) is 2.24. The first kappa shape index (κ1) is 14.2. The molecular formula is C17H21NO4. The summed E-state index contributed by atoms with van der Waals surface area (Å²) in [5.74, 6) is -0.915. The molecule has 3 heterocycles. The van der Waals surface area contributed by atoms with E-state index in [9.17, 15) is 9.90 Å². The van der Waals surface area contributed by atoms with Crippen molar-refractivity contribution in [2.75, 3.05) is 13.7 Å². The van der Waals surface area contributed by atoms with E-state index in [2.05, 4.69) is 11.9 Å². The van der Waals surface area contributed by atoms with E-state index in [1.165, 1.54) is 0 Å². The Morgan fingerprint density at radius 2 is 1.95 bits per heavy atom. The molecule has 1 N–H and O–H groups in total. The molecule has 3 unspecified atom stereocenters. The Morgan fingerprint density at radius 1 is 1.32 bits per heavy atom. The number of hydrogen-bond acceptors (Lipinski definition) is 5. The third-order valence-corrected chi connectivity index (χ3v) is 5.33. The zero-order valence-electron chi connectivity index (χ0n) is 12.6. The van der Waals surface area contributed by atoms with Crippen LogP contribution >= 0.6 is 0 Å². The number of rotatable bonds is 4. The topological polar surface area (TPSA) is 62.3 Å². The van der Waals surface area contributed by atoms with Crippen LogP contribution in [-0.2, 0) is 14.3 Å². The Hall–Kier alpha value is -1.43.